The number of nitrogens with one attached hydrogen (secondary N) is 1. The summed E-state index contributed by atoms with van der Waals surface area (Å²) in [5.41, 5.74) is 2.48. The maximum atomic E-state index is 12.5. The van der Waals surface area contributed by atoms with Gasteiger partial charge in [0, 0.05) is 24.4 Å². The summed E-state index contributed by atoms with van der Waals surface area (Å²) >= 11 is 0. The first-order valence-corrected chi connectivity index (χ1v) is 9.01. The highest BCUT2D eigenvalue weighted by Crippen LogP contribution is 2.32. The molecule has 0 atom stereocenters. The molecule has 1 heterocycles. The quantitative estimate of drug-likeness (QED) is 0.876. The van der Waals surface area contributed by atoms with Crippen molar-refractivity contribution in [2.45, 2.75) is 26.7 Å². The molecule has 1 N–H and O–H groups in total. The van der Waals surface area contributed by atoms with E-state index >= 15 is 0 Å². The van der Waals surface area contributed by atoms with Crippen LogP contribution in [0.4, 0.5) is 11.4 Å². The van der Waals surface area contributed by atoms with Gasteiger partial charge in [0.25, 0.3) is 0 Å². The Labute approximate surface area is 159 Å². The molecule has 0 aromatic heterocycles. The minimum absolute atomic E-state index is 0.0647. The fourth-order valence-corrected chi connectivity index (χ4v) is 2.89. The van der Waals surface area contributed by atoms with Crippen LogP contribution in [0.1, 0.15) is 32.3 Å². The van der Waals surface area contributed by atoms with Crippen molar-refractivity contribution in [3.8, 4) is 11.5 Å². The van der Waals surface area contributed by atoms with Gasteiger partial charge in [-0.15, -0.1) is 0 Å². The summed E-state index contributed by atoms with van der Waals surface area (Å²) in [5.74, 6) is 1.20. The molecule has 0 spiro atoms. The van der Waals surface area contributed by atoms with Gasteiger partial charge in [0.2, 0.25) is 11.8 Å². The van der Waals surface area contributed by atoms with E-state index in [0.29, 0.717) is 42.0 Å². The molecule has 2 aromatic carbocycles. The first kappa shape index (κ1) is 18.8. The Hall–Kier alpha value is -3.02. The first-order chi connectivity index (χ1) is 12.9. The maximum absolute atomic E-state index is 12.5. The predicted octanol–water partition coefficient (Wildman–Crippen LogP) is 3.57. The molecule has 6 heteroatoms. The third-order valence-electron chi connectivity index (χ3n) is 4.38. The molecule has 27 heavy (non-hydrogen) atoms. The molecule has 2 amide bonds. The number of nitrogens with zero attached hydrogens (tertiary/aromatic N) is 1. The smallest absolute Gasteiger partial charge is 0.244 e. The van der Waals surface area contributed by atoms with Gasteiger partial charge in [-0.1, -0.05) is 26.0 Å². The molecule has 142 valence electrons. The number of carbonyl (C=O) groups is 2. The second-order valence-corrected chi connectivity index (χ2v) is 6.76. The number of carbonyl (C=O) groups excluding carboxylic acids is 2. The molecule has 3 rings (SSSR count). The summed E-state index contributed by atoms with van der Waals surface area (Å²) < 4.78 is 11.0. The van der Waals surface area contributed by atoms with Gasteiger partial charge >= 0.3 is 0 Å². The van der Waals surface area contributed by atoms with E-state index in [2.05, 4.69) is 19.2 Å². The zero-order valence-electron chi connectivity index (χ0n) is 15.8. The van der Waals surface area contributed by atoms with E-state index < -0.39 is 0 Å². The molecular formula is C21H24N2O4. The van der Waals surface area contributed by atoms with Crippen molar-refractivity contribution in [3.05, 3.63) is 48.0 Å². The van der Waals surface area contributed by atoms with Crippen molar-refractivity contribution in [3.63, 3.8) is 0 Å². The van der Waals surface area contributed by atoms with E-state index in [1.807, 2.05) is 24.3 Å². The minimum Gasteiger partial charge on any atom is -0.486 e. The monoisotopic (exact) mass is 368 g/mol. The van der Waals surface area contributed by atoms with Crippen molar-refractivity contribution in [2.75, 3.05) is 30.0 Å². The summed E-state index contributed by atoms with van der Waals surface area (Å²) in [5, 5.41) is 2.81. The first-order valence-electron chi connectivity index (χ1n) is 9.01. The Bertz CT molecular complexity index is 831. The lowest BCUT2D eigenvalue weighted by Gasteiger charge is -2.22. The van der Waals surface area contributed by atoms with Crippen molar-refractivity contribution in [2.24, 2.45) is 0 Å². The van der Waals surface area contributed by atoms with Crippen molar-refractivity contribution in [1.29, 1.82) is 0 Å². The molecule has 6 nitrogen and oxygen atoms in total. The third kappa shape index (κ3) is 4.58. The van der Waals surface area contributed by atoms with Crippen LogP contribution in [-0.4, -0.2) is 31.6 Å². The second-order valence-electron chi connectivity index (χ2n) is 6.76. The molecule has 0 saturated heterocycles. The Morgan fingerprint density at radius 2 is 1.70 bits per heavy atom. The average Bonchev–Trinajstić information content (AvgIpc) is 2.66. The second kappa shape index (κ2) is 8.12. The summed E-state index contributed by atoms with van der Waals surface area (Å²) in [7, 11) is 0. The van der Waals surface area contributed by atoms with Gasteiger partial charge in [-0.25, -0.2) is 0 Å². The van der Waals surface area contributed by atoms with E-state index in [4.69, 9.17) is 9.47 Å². The highest BCUT2D eigenvalue weighted by molar-refractivity contribution is 6.01. The Kier molecular flexibility index (Phi) is 5.64. The van der Waals surface area contributed by atoms with Gasteiger partial charge in [0.05, 0.1) is 0 Å². The molecule has 0 unspecified atom stereocenters. The van der Waals surface area contributed by atoms with Gasteiger partial charge in [-0.05, 0) is 35.7 Å². The summed E-state index contributed by atoms with van der Waals surface area (Å²) in [6.07, 6.45) is 0. The Balaban J connectivity index is 1.69. The Morgan fingerprint density at radius 1 is 1.04 bits per heavy atom. The van der Waals surface area contributed by atoms with Crippen LogP contribution in [-0.2, 0) is 9.59 Å². The zero-order chi connectivity index (χ0) is 19.4. The number of rotatable bonds is 5. The van der Waals surface area contributed by atoms with Gasteiger partial charge in [0.1, 0.15) is 19.8 Å². The number of anilines is 2. The van der Waals surface area contributed by atoms with Crippen LogP contribution in [0, 0.1) is 0 Å². The Morgan fingerprint density at radius 3 is 2.33 bits per heavy atom. The molecule has 1 aliphatic rings. The van der Waals surface area contributed by atoms with Crippen LogP contribution < -0.4 is 19.7 Å². The van der Waals surface area contributed by atoms with E-state index in [1.165, 1.54) is 17.4 Å². The number of ether oxygens (including phenoxy) is 2. The summed E-state index contributed by atoms with van der Waals surface area (Å²) in [6, 6.07) is 12.9. The van der Waals surface area contributed by atoms with Gasteiger partial charge in [-0.2, -0.15) is 0 Å². The number of amides is 2. The molecule has 0 saturated carbocycles. The average molecular weight is 368 g/mol. The number of hydrogen-bond acceptors (Lipinski definition) is 4. The zero-order valence-corrected chi connectivity index (χ0v) is 15.8. The van der Waals surface area contributed by atoms with Crippen LogP contribution in [0.15, 0.2) is 42.5 Å². The molecule has 0 fully saturated rings. The number of fused-ring (bicyclic) bond motifs is 1. The molecule has 1 aliphatic heterocycles. The highest BCUT2D eigenvalue weighted by atomic mass is 16.6. The largest absolute Gasteiger partial charge is 0.486 e. The van der Waals surface area contributed by atoms with Crippen LogP contribution in [0.5, 0.6) is 11.5 Å². The van der Waals surface area contributed by atoms with Gasteiger partial charge < -0.3 is 19.7 Å². The normalized spacial score (nSPS) is 12.6. The SMILES string of the molecule is CC(=O)N(CC(=O)Nc1ccc2c(c1)OCCO2)c1ccc(C(C)C)cc1. The van der Waals surface area contributed by atoms with Gasteiger partial charge in [0.15, 0.2) is 11.5 Å². The topological polar surface area (TPSA) is 67.9 Å². The molecular weight excluding hydrogens is 344 g/mol. The standard InChI is InChI=1S/C21H24N2O4/c1-14(2)16-4-7-18(8-5-16)23(15(3)24)13-21(25)22-17-6-9-19-20(12-17)27-11-10-26-19/h4-9,12,14H,10-11,13H2,1-3H3,(H,22,25). The van der Waals surface area contributed by atoms with Crippen LogP contribution in [0.2, 0.25) is 0 Å². The van der Waals surface area contributed by atoms with Crippen LogP contribution >= 0.6 is 0 Å². The van der Waals surface area contributed by atoms with Crippen molar-refractivity contribution in [1.82, 2.24) is 0 Å². The predicted molar refractivity (Wildman–Crippen MR) is 105 cm³/mol. The highest BCUT2D eigenvalue weighted by Gasteiger charge is 2.17. The van der Waals surface area contributed by atoms with Crippen LogP contribution in [0.3, 0.4) is 0 Å². The molecule has 0 aliphatic carbocycles. The third-order valence-corrected chi connectivity index (χ3v) is 4.38. The van der Waals surface area contributed by atoms with Crippen molar-refractivity contribution < 1.29 is 19.1 Å². The maximum Gasteiger partial charge on any atom is 0.244 e. The van der Waals surface area contributed by atoms with E-state index in [0.717, 1.165) is 0 Å². The fraction of sp³-hybridized carbons (Fsp3) is 0.333. The molecule has 0 radical (unpaired) electrons. The number of hydrogen-bond donors (Lipinski definition) is 1. The molecule has 2 aromatic rings. The number of benzene rings is 2. The minimum atomic E-state index is -0.283. The van der Waals surface area contributed by atoms with Crippen molar-refractivity contribution >= 4 is 23.2 Å². The molecule has 0 bridgehead atoms. The lowest BCUT2D eigenvalue weighted by Crippen LogP contribution is -2.36. The van der Waals surface area contributed by atoms with Gasteiger partial charge in [-0.3, -0.25) is 9.59 Å². The summed E-state index contributed by atoms with van der Waals surface area (Å²) in [6.45, 7) is 6.60. The summed E-state index contributed by atoms with van der Waals surface area (Å²) in [4.78, 5) is 26.0. The van der Waals surface area contributed by atoms with E-state index in [1.54, 1.807) is 18.2 Å². The lowest BCUT2D eigenvalue weighted by molar-refractivity contribution is -0.120. The fourth-order valence-electron chi connectivity index (χ4n) is 2.89. The lowest BCUT2D eigenvalue weighted by atomic mass is 10.0. The van der Waals surface area contributed by atoms with E-state index in [9.17, 15) is 9.59 Å². The van der Waals surface area contributed by atoms with E-state index in [-0.39, 0.29) is 18.4 Å². The van der Waals surface area contributed by atoms with Crippen LogP contribution in [0.25, 0.3) is 0 Å².